The number of fused-ring (bicyclic) bond motifs is 1. The van der Waals surface area contributed by atoms with Gasteiger partial charge in [-0.25, -0.2) is 0 Å². The molecule has 0 spiro atoms. The first-order valence-electron chi connectivity index (χ1n) is 7.06. The average molecular weight is 331 g/mol. The van der Waals surface area contributed by atoms with Gasteiger partial charge >= 0.3 is 0 Å². The molecule has 0 aromatic heterocycles. The van der Waals surface area contributed by atoms with Gasteiger partial charge < -0.3 is 5.11 Å². The Hall–Kier alpha value is -1.12. The summed E-state index contributed by atoms with van der Waals surface area (Å²) in [5.74, 6) is 0. The van der Waals surface area contributed by atoms with Gasteiger partial charge in [0.15, 0.2) is 0 Å². The van der Waals surface area contributed by atoms with E-state index in [9.17, 15) is 5.11 Å². The van der Waals surface area contributed by atoms with Crippen LogP contribution in [0.4, 0.5) is 0 Å². The molecule has 0 heterocycles. The molecule has 1 unspecified atom stereocenters. The van der Waals surface area contributed by atoms with Crippen LogP contribution in [0, 0.1) is 13.8 Å². The van der Waals surface area contributed by atoms with Gasteiger partial charge in [0.05, 0.1) is 5.60 Å². The first kappa shape index (κ1) is 13.8. The van der Waals surface area contributed by atoms with E-state index in [-0.39, 0.29) is 0 Å². The highest BCUT2D eigenvalue weighted by molar-refractivity contribution is 9.10. The van der Waals surface area contributed by atoms with Gasteiger partial charge in [-0.15, -0.1) is 0 Å². The minimum absolute atomic E-state index is 0.708. The van der Waals surface area contributed by atoms with Gasteiger partial charge in [-0.3, -0.25) is 0 Å². The van der Waals surface area contributed by atoms with E-state index in [1.807, 2.05) is 6.07 Å². The van der Waals surface area contributed by atoms with Crippen LogP contribution in [0.15, 0.2) is 40.9 Å². The zero-order chi connectivity index (χ0) is 14.3. The minimum atomic E-state index is -0.725. The van der Waals surface area contributed by atoms with E-state index >= 15 is 0 Å². The van der Waals surface area contributed by atoms with E-state index in [0.717, 1.165) is 22.9 Å². The van der Waals surface area contributed by atoms with Crippen LogP contribution in [-0.4, -0.2) is 5.11 Å². The van der Waals surface area contributed by atoms with Crippen LogP contribution in [0.25, 0.3) is 0 Å². The Morgan fingerprint density at radius 3 is 2.70 bits per heavy atom. The van der Waals surface area contributed by atoms with Gasteiger partial charge in [0.25, 0.3) is 0 Å². The van der Waals surface area contributed by atoms with Crippen molar-refractivity contribution in [2.45, 2.75) is 38.7 Å². The molecule has 0 aliphatic heterocycles. The number of aliphatic hydroxyl groups is 1. The molecule has 2 aromatic rings. The molecule has 1 aliphatic carbocycles. The van der Waals surface area contributed by atoms with Crippen LogP contribution in [0.3, 0.4) is 0 Å². The number of hydrogen-bond donors (Lipinski definition) is 1. The summed E-state index contributed by atoms with van der Waals surface area (Å²) in [6.45, 7) is 4.22. The lowest BCUT2D eigenvalue weighted by Crippen LogP contribution is -2.34. The van der Waals surface area contributed by atoms with Crippen molar-refractivity contribution >= 4 is 15.9 Å². The zero-order valence-corrected chi connectivity index (χ0v) is 13.5. The van der Waals surface area contributed by atoms with Crippen LogP contribution < -0.4 is 0 Å². The molecule has 0 saturated heterocycles. The summed E-state index contributed by atoms with van der Waals surface area (Å²) in [4.78, 5) is 0. The summed E-state index contributed by atoms with van der Waals surface area (Å²) < 4.78 is 1.12. The van der Waals surface area contributed by atoms with E-state index < -0.39 is 5.60 Å². The smallest absolute Gasteiger partial charge is 0.0942 e. The Morgan fingerprint density at radius 1 is 1.10 bits per heavy atom. The van der Waals surface area contributed by atoms with E-state index in [1.165, 1.54) is 22.3 Å². The lowest BCUT2D eigenvalue weighted by molar-refractivity contribution is 0.0216. The summed E-state index contributed by atoms with van der Waals surface area (Å²) in [6, 6.07) is 12.6. The quantitative estimate of drug-likeness (QED) is 0.819. The van der Waals surface area contributed by atoms with Crippen LogP contribution >= 0.6 is 15.9 Å². The second-order valence-electron chi connectivity index (χ2n) is 5.87. The fourth-order valence-corrected chi connectivity index (χ4v) is 3.64. The number of halogens is 1. The van der Waals surface area contributed by atoms with Crippen molar-refractivity contribution in [1.29, 1.82) is 0 Å². The lowest BCUT2D eigenvalue weighted by atomic mass is 9.75. The third-order valence-electron chi connectivity index (χ3n) is 4.57. The predicted molar refractivity (Wildman–Crippen MR) is 86.0 cm³/mol. The zero-order valence-electron chi connectivity index (χ0n) is 11.9. The van der Waals surface area contributed by atoms with Gasteiger partial charge in [0, 0.05) is 10.9 Å². The fraction of sp³-hybridized carbons (Fsp3) is 0.333. The monoisotopic (exact) mass is 330 g/mol. The fourth-order valence-electron chi connectivity index (χ4n) is 3.23. The second kappa shape index (κ2) is 5.01. The third kappa shape index (κ3) is 2.32. The van der Waals surface area contributed by atoms with Crippen LogP contribution in [0.5, 0.6) is 0 Å². The Balaban J connectivity index is 2.03. The van der Waals surface area contributed by atoms with E-state index in [0.29, 0.717) is 6.42 Å². The molecule has 104 valence electrons. The summed E-state index contributed by atoms with van der Waals surface area (Å²) in [7, 11) is 0. The Kier molecular flexibility index (Phi) is 3.47. The maximum absolute atomic E-state index is 11.2. The molecule has 1 nitrogen and oxygen atoms in total. The molecule has 0 amide bonds. The van der Waals surface area contributed by atoms with Crippen molar-refractivity contribution in [3.05, 3.63) is 68.7 Å². The maximum atomic E-state index is 11.2. The number of rotatable bonds is 1. The van der Waals surface area contributed by atoms with Crippen molar-refractivity contribution < 1.29 is 5.11 Å². The molecule has 1 aliphatic rings. The van der Waals surface area contributed by atoms with Crippen molar-refractivity contribution in [3.63, 3.8) is 0 Å². The average Bonchev–Trinajstić information content (AvgIpc) is 2.42. The SMILES string of the molecule is Cc1cccc(C2(O)CCc3cc(Br)ccc3C2)c1C. The predicted octanol–water partition coefficient (Wildman–Crippen LogP) is 4.44. The molecule has 0 bridgehead atoms. The van der Waals surface area contributed by atoms with Crippen molar-refractivity contribution in [1.82, 2.24) is 0 Å². The van der Waals surface area contributed by atoms with Crippen LogP contribution in [0.2, 0.25) is 0 Å². The van der Waals surface area contributed by atoms with Gasteiger partial charge in [0.2, 0.25) is 0 Å². The maximum Gasteiger partial charge on any atom is 0.0942 e. The highest BCUT2D eigenvalue weighted by Gasteiger charge is 2.35. The number of hydrogen-bond acceptors (Lipinski definition) is 1. The Morgan fingerprint density at radius 2 is 1.90 bits per heavy atom. The summed E-state index contributed by atoms with van der Waals surface area (Å²) in [5.41, 5.74) is 5.45. The molecule has 1 N–H and O–H groups in total. The molecule has 0 saturated carbocycles. The summed E-state index contributed by atoms with van der Waals surface area (Å²) >= 11 is 3.52. The molecule has 0 radical (unpaired) electrons. The summed E-state index contributed by atoms with van der Waals surface area (Å²) in [6.07, 6.45) is 2.43. The van der Waals surface area contributed by atoms with E-state index in [4.69, 9.17) is 0 Å². The molecule has 2 heteroatoms. The first-order valence-corrected chi connectivity index (χ1v) is 7.85. The van der Waals surface area contributed by atoms with Gasteiger partial charge in [-0.2, -0.15) is 0 Å². The number of benzene rings is 2. The normalized spacial score (nSPS) is 21.6. The lowest BCUT2D eigenvalue weighted by Gasteiger charge is -2.35. The molecule has 3 rings (SSSR count). The number of aryl methyl sites for hydroxylation is 2. The molecular weight excluding hydrogens is 312 g/mol. The third-order valence-corrected chi connectivity index (χ3v) is 5.06. The highest BCUT2D eigenvalue weighted by atomic mass is 79.9. The molecular formula is C18H19BrO. The molecule has 0 fully saturated rings. The van der Waals surface area contributed by atoms with Crippen LogP contribution in [-0.2, 0) is 18.4 Å². The van der Waals surface area contributed by atoms with Crippen molar-refractivity contribution in [3.8, 4) is 0 Å². The first-order chi connectivity index (χ1) is 9.49. The van der Waals surface area contributed by atoms with Gasteiger partial charge in [0.1, 0.15) is 0 Å². The molecule has 2 aromatic carbocycles. The van der Waals surface area contributed by atoms with Crippen LogP contribution in [0.1, 0.15) is 34.2 Å². The minimum Gasteiger partial charge on any atom is -0.385 e. The van der Waals surface area contributed by atoms with Gasteiger partial charge in [-0.05, 0) is 66.6 Å². The Labute approximate surface area is 128 Å². The highest BCUT2D eigenvalue weighted by Crippen LogP contribution is 2.39. The largest absolute Gasteiger partial charge is 0.385 e. The summed E-state index contributed by atoms with van der Waals surface area (Å²) in [5, 5.41) is 11.2. The van der Waals surface area contributed by atoms with Crippen molar-refractivity contribution in [2.24, 2.45) is 0 Å². The van der Waals surface area contributed by atoms with E-state index in [2.05, 4.69) is 60.1 Å². The Bertz CT molecular complexity index is 662. The molecule has 20 heavy (non-hydrogen) atoms. The van der Waals surface area contributed by atoms with Crippen molar-refractivity contribution in [2.75, 3.05) is 0 Å². The molecule has 1 atom stereocenters. The van der Waals surface area contributed by atoms with E-state index in [1.54, 1.807) is 0 Å². The second-order valence-corrected chi connectivity index (χ2v) is 6.78. The van der Waals surface area contributed by atoms with Gasteiger partial charge in [-0.1, -0.05) is 40.2 Å². The topological polar surface area (TPSA) is 20.2 Å². The standard InChI is InChI=1S/C18H19BrO/c1-12-4-3-5-17(13(12)2)18(20)9-8-14-10-16(19)7-6-15(14)11-18/h3-7,10,20H,8-9,11H2,1-2H3.